The van der Waals surface area contributed by atoms with E-state index in [4.69, 9.17) is 4.74 Å². The van der Waals surface area contributed by atoms with Crippen LogP contribution in [0.2, 0.25) is 0 Å². The number of nitrogens with zero attached hydrogens (tertiary/aromatic N) is 2. The Morgan fingerprint density at radius 3 is 2.88 bits per heavy atom. The lowest BCUT2D eigenvalue weighted by Gasteiger charge is -2.11. The summed E-state index contributed by atoms with van der Waals surface area (Å²) in [6.07, 6.45) is 3.53. The number of methoxy groups -OCH3 is 1. The second-order valence-electron chi connectivity index (χ2n) is 5.44. The number of aromatic amines is 1. The van der Waals surface area contributed by atoms with Crippen molar-refractivity contribution in [3.8, 4) is 17.1 Å². The first-order valence-corrected chi connectivity index (χ1v) is 8.82. The molecule has 0 atom stereocenters. The fourth-order valence-corrected chi connectivity index (χ4v) is 3.63. The number of benzene rings is 2. The molecule has 0 saturated carbocycles. The second-order valence-corrected chi connectivity index (χ2v) is 6.78. The van der Waals surface area contributed by atoms with Crippen molar-refractivity contribution in [1.29, 1.82) is 0 Å². The third kappa shape index (κ3) is 2.51. The van der Waals surface area contributed by atoms with Gasteiger partial charge in [0.15, 0.2) is 0 Å². The van der Waals surface area contributed by atoms with E-state index in [1.165, 1.54) is 10.3 Å². The molecule has 1 N–H and O–H groups in total. The lowest BCUT2D eigenvalue weighted by atomic mass is 10.0. The van der Waals surface area contributed by atoms with E-state index < -0.39 is 0 Å². The van der Waals surface area contributed by atoms with Gasteiger partial charge >= 0.3 is 0 Å². The van der Waals surface area contributed by atoms with Crippen LogP contribution in [0.25, 0.3) is 33.2 Å². The smallest absolute Gasteiger partial charge is 0.142 e. The Balaban J connectivity index is 1.90. The van der Waals surface area contributed by atoms with Gasteiger partial charge in [-0.15, -0.1) is 11.8 Å². The summed E-state index contributed by atoms with van der Waals surface area (Å²) >= 11 is 1.84. The molecule has 2 aromatic carbocycles. The Labute approximate surface area is 144 Å². The maximum atomic E-state index is 5.73. The van der Waals surface area contributed by atoms with Crippen molar-refractivity contribution in [2.45, 2.75) is 11.8 Å². The first kappa shape index (κ1) is 15.0. The van der Waals surface area contributed by atoms with Gasteiger partial charge in [0.05, 0.1) is 29.9 Å². The average Bonchev–Trinajstić information content (AvgIpc) is 3.04. The number of hydrogen-bond donors (Lipinski definition) is 1. The first-order valence-electron chi connectivity index (χ1n) is 7.84. The molecule has 0 aliphatic rings. The lowest BCUT2D eigenvalue weighted by molar-refractivity contribution is 0.421. The maximum absolute atomic E-state index is 5.73. The Morgan fingerprint density at radius 2 is 2.08 bits per heavy atom. The highest BCUT2D eigenvalue weighted by Gasteiger charge is 2.14. The number of H-pyrrole nitrogens is 1. The number of nitrogens with one attached hydrogen (secondary N) is 1. The Morgan fingerprint density at radius 1 is 1.17 bits per heavy atom. The number of fused-ring (bicyclic) bond motifs is 2. The largest absolute Gasteiger partial charge is 0.495 e. The van der Waals surface area contributed by atoms with Crippen molar-refractivity contribution >= 4 is 33.6 Å². The predicted octanol–water partition coefficient (Wildman–Crippen LogP) is 4.90. The number of ether oxygens (including phenoxy) is 1. The second kappa shape index (κ2) is 6.17. The molecule has 4 aromatic rings. The van der Waals surface area contributed by atoms with E-state index >= 15 is 0 Å². The summed E-state index contributed by atoms with van der Waals surface area (Å²) in [5.41, 5.74) is 2.78. The Kier molecular flexibility index (Phi) is 3.86. The molecule has 24 heavy (non-hydrogen) atoms. The molecule has 2 aromatic heterocycles. The molecule has 120 valence electrons. The first-order chi connectivity index (χ1) is 11.8. The van der Waals surface area contributed by atoms with E-state index in [1.54, 1.807) is 19.5 Å². The van der Waals surface area contributed by atoms with E-state index in [9.17, 15) is 0 Å². The molecule has 4 rings (SSSR count). The van der Waals surface area contributed by atoms with Crippen LogP contribution in [0.5, 0.6) is 5.75 Å². The van der Waals surface area contributed by atoms with Crippen LogP contribution in [-0.4, -0.2) is 27.8 Å². The summed E-state index contributed by atoms with van der Waals surface area (Å²) in [5, 5.41) is 2.26. The minimum atomic E-state index is 0.795. The van der Waals surface area contributed by atoms with Crippen molar-refractivity contribution in [2.75, 3.05) is 12.9 Å². The predicted molar refractivity (Wildman–Crippen MR) is 99.8 cm³/mol. The van der Waals surface area contributed by atoms with Gasteiger partial charge in [-0.3, -0.25) is 4.98 Å². The minimum Gasteiger partial charge on any atom is -0.495 e. The van der Waals surface area contributed by atoms with Crippen molar-refractivity contribution in [3.05, 3.63) is 48.8 Å². The molecule has 0 aliphatic carbocycles. The standard InChI is InChI=1S/C19H17N3OS/c1-3-24-13-5-7-14-12(10-13)4-6-15(18(14)23-2)19-21-16-8-9-20-11-17(16)22-19/h4-11H,3H2,1-2H3,(H,21,22). The van der Waals surface area contributed by atoms with Gasteiger partial charge in [0.2, 0.25) is 0 Å². The molecular formula is C19H17N3OS. The quantitative estimate of drug-likeness (QED) is 0.539. The van der Waals surface area contributed by atoms with Crippen molar-refractivity contribution in [3.63, 3.8) is 0 Å². The van der Waals surface area contributed by atoms with Gasteiger partial charge < -0.3 is 9.72 Å². The summed E-state index contributed by atoms with van der Waals surface area (Å²) < 4.78 is 5.73. The number of pyridine rings is 1. The monoisotopic (exact) mass is 335 g/mol. The molecule has 0 spiro atoms. The lowest BCUT2D eigenvalue weighted by Crippen LogP contribution is -1.91. The minimum absolute atomic E-state index is 0.795. The summed E-state index contributed by atoms with van der Waals surface area (Å²) in [7, 11) is 1.71. The average molecular weight is 335 g/mol. The van der Waals surface area contributed by atoms with Gasteiger partial charge in [0.25, 0.3) is 0 Å². The zero-order valence-corrected chi connectivity index (χ0v) is 14.4. The van der Waals surface area contributed by atoms with Crippen LogP contribution in [0, 0.1) is 0 Å². The highest BCUT2D eigenvalue weighted by atomic mass is 32.2. The van der Waals surface area contributed by atoms with Gasteiger partial charge in [-0.1, -0.05) is 13.0 Å². The van der Waals surface area contributed by atoms with Crippen LogP contribution in [-0.2, 0) is 0 Å². The third-order valence-electron chi connectivity index (χ3n) is 4.00. The van der Waals surface area contributed by atoms with Crippen LogP contribution in [0.1, 0.15) is 6.92 Å². The van der Waals surface area contributed by atoms with Crippen LogP contribution in [0.4, 0.5) is 0 Å². The number of hydrogen-bond acceptors (Lipinski definition) is 4. The highest BCUT2D eigenvalue weighted by molar-refractivity contribution is 7.99. The molecule has 0 bridgehead atoms. The molecular weight excluding hydrogens is 318 g/mol. The van der Waals surface area contributed by atoms with E-state index in [2.05, 4.69) is 52.2 Å². The van der Waals surface area contributed by atoms with Gasteiger partial charge in [-0.2, -0.15) is 0 Å². The maximum Gasteiger partial charge on any atom is 0.142 e. The Bertz CT molecular complexity index is 993. The number of aromatic nitrogens is 3. The summed E-state index contributed by atoms with van der Waals surface area (Å²) in [5.74, 6) is 2.70. The number of thioether (sulfide) groups is 1. The molecule has 0 radical (unpaired) electrons. The number of imidazole rings is 1. The van der Waals surface area contributed by atoms with Crippen molar-refractivity contribution in [1.82, 2.24) is 15.0 Å². The van der Waals surface area contributed by atoms with E-state index in [0.717, 1.165) is 39.3 Å². The van der Waals surface area contributed by atoms with Gasteiger partial charge in [-0.05, 0) is 41.5 Å². The van der Waals surface area contributed by atoms with Crippen LogP contribution in [0.3, 0.4) is 0 Å². The third-order valence-corrected chi connectivity index (χ3v) is 4.87. The molecule has 4 nitrogen and oxygen atoms in total. The van der Waals surface area contributed by atoms with Crippen molar-refractivity contribution < 1.29 is 4.74 Å². The highest BCUT2D eigenvalue weighted by Crippen LogP contribution is 2.37. The molecule has 0 unspecified atom stereocenters. The van der Waals surface area contributed by atoms with Crippen LogP contribution < -0.4 is 4.74 Å². The summed E-state index contributed by atoms with van der Waals surface area (Å²) in [6.45, 7) is 2.16. The normalized spacial score (nSPS) is 11.2. The molecule has 0 aliphatic heterocycles. The SMILES string of the molecule is CCSc1ccc2c(OC)c(-c3nc4ccncc4[nH]3)ccc2c1. The zero-order chi connectivity index (χ0) is 16.5. The molecule has 0 amide bonds. The fraction of sp³-hybridized carbons (Fsp3) is 0.158. The van der Waals surface area contributed by atoms with Gasteiger partial charge in [-0.25, -0.2) is 4.98 Å². The van der Waals surface area contributed by atoms with Crippen LogP contribution >= 0.6 is 11.8 Å². The van der Waals surface area contributed by atoms with Gasteiger partial charge in [0, 0.05) is 16.5 Å². The molecule has 0 fully saturated rings. The zero-order valence-electron chi connectivity index (χ0n) is 13.5. The number of rotatable bonds is 4. The molecule has 2 heterocycles. The summed E-state index contributed by atoms with van der Waals surface area (Å²) in [4.78, 5) is 13.4. The molecule has 0 saturated heterocycles. The topological polar surface area (TPSA) is 50.8 Å². The fourth-order valence-electron chi connectivity index (χ4n) is 2.93. The molecule has 5 heteroatoms. The van der Waals surface area contributed by atoms with E-state index in [-0.39, 0.29) is 0 Å². The van der Waals surface area contributed by atoms with E-state index in [0.29, 0.717) is 0 Å². The van der Waals surface area contributed by atoms with Gasteiger partial charge in [0.1, 0.15) is 11.6 Å². The Hall–Kier alpha value is -2.53. The van der Waals surface area contributed by atoms with E-state index in [1.807, 2.05) is 17.8 Å². The summed E-state index contributed by atoms with van der Waals surface area (Å²) in [6, 6.07) is 12.6. The van der Waals surface area contributed by atoms with Crippen LogP contribution in [0.15, 0.2) is 53.7 Å². The van der Waals surface area contributed by atoms with Crippen molar-refractivity contribution in [2.24, 2.45) is 0 Å².